The molecular formula is C50H60FN9O11. The Hall–Kier alpha value is -7.26. The lowest BCUT2D eigenvalue weighted by molar-refractivity contribution is -0.172. The van der Waals surface area contributed by atoms with Gasteiger partial charge in [-0.1, -0.05) is 37.3 Å². The molecule has 21 heteroatoms. The summed E-state index contributed by atoms with van der Waals surface area (Å²) in [5.74, 6) is -4.73. The van der Waals surface area contributed by atoms with Gasteiger partial charge < -0.3 is 56.8 Å². The number of rotatable bonds is 18. The number of esters is 1. The third kappa shape index (κ3) is 11.4. The van der Waals surface area contributed by atoms with Crippen LogP contribution in [-0.4, -0.2) is 100 Å². The highest BCUT2D eigenvalue weighted by atomic mass is 19.1. The lowest BCUT2D eigenvalue weighted by Crippen LogP contribution is -2.53. The molecule has 2 aromatic carbocycles. The Balaban J connectivity index is 1.02. The molecule has 0 bridgehead atoms. The number of ether oxygens (including phenoxy) is 2. The number of amides is 6. The lowest BCUT2D eigenvalue weighted by Gasteiger charge is -2.31. The first-order valence-corrected chi connectivity index (χ1v) is 23.7. The molecule has 4 atom stereocenters. The number of unbranched alkanes of at least 4 members (excludes halogenated alkanes) is 1. The minimum absolute atomic E-state index is 0.0238. The van der Waals surface area contributed by atoms with Gasteiger partial charge >= 0.3 is 12.1 Å². The average Bonchev–Trinajstić information content (AvgIpc) is 3.70. The van der Waals surface area contributed by atoms with Crippen molar-refractivity contribution in [1.29, 1.82) is 0 Å². The fraction of sp³-hybridized carbons (Fsp3) is 0.460. The largest absolute Gasteiger partial charge is 0.458 e. The quantitative estimate of drug-likeness (QED) is 0.0459. The number of nitrogens with two attached hydrogens (primary N) is 1. The van der Waals surface area contributed by atoms with Crippen LogP contribution in [0.5, 0.6) is 0 Å². The van der Waals surface area contributed by atoms with Crippen LogP contribution >= 0.6 is 0 Å². The molecule has 7 rings (SSSR count). The Morgan fingerprint density at radius 2 is 1.62 bits per heavy atom. The Morgan fingerprint density at radius 1 is 0.930 bits per heavy atom. The molecule has 2 aliphatic heterocycles. The number of hydrogen-bond acceptors (Lipinski definition) is 13. The summed E-state index contributed by atoms with van der Waals surface area (Å²) in [6.45, 7) is 6.79. The van der Waals surface area contributed by atoms with Gasteiger partial charge in [-0.05, 0) is 101 Å². The van der Waals surface area contributed by atoms with E-state index in [0.29, 0.717) is 82.3 Å². The predicted octanol–water partition coefficient (Wildman–Crippen LogP) is 1.73. The fourth-order valence-electron chi connectivity index (χ4n) is 9.28. The topological polar surface area (TPSA) is 291 Å². The lowest BCUT2D eigenvalue weighted by atomic mass is 9.81. The zero-order chi connectivity index (χ0) is 51.4. The summed E-state index contributed by atoms with van der Waals surface area (Å²) in [5, 5.41) is 27.7. The third-order valence-corrected chi connectivity index (χ3v) is 12.9. The van der Waals surface area contributed by atoms with Gasteiger partial charge in [0.2, 0.25) is 29.5 Å². The van der Waals surface area contributed by atoms with E-state index in [-0.39, 0.29) is 43.5 Å². The van der Waals surface area contributed by atoms with E-state index in [1.54, 1.807) is 71.0 Å². The maximum atomic E-state index is 15.4. The second kappa shape index (κ2) is 21.4. The zero-order valence-electron chi connectivity index (χ0n) is 40.3. The zero-order valence-corrected chi connectivity index (χ0v) is 40.3. The Morgan fingerprint density at radius 3 is 2.31 bits per heavy atom. The highest BCUT2D eigenvalue weighted by molar-refractivity contribution is 5.96. The van der Waals surface area contributed by atoms with E-state index in [1.165, 1.54) is 10.6 Å². The van der Waals surface area contributed by atoms with Crippen LogP contribution in [0.1, 0.15) is 105 Å². The molecular weight excluding hydrogens is 922 g/mol. The molecule has 0 unspecified atom stereocenters. The third-order valence-electron chi connectivity index (χ3n) is 12.9. The summed E-state index contributed by atoms with van der Waals surface area (Å²) >= 11 is 0. The van der Waals surface area contributed by atoms with Gasteiger partial charge in [-0.3, -0.25) is 28.8 Å². The van der Waals surface area contributed by atoms with Crippen molar-refractivity contribution in [3.8, 4) is 11.4 Å². The van der Waals surface area contributed by atoms with Crippen molar-refractivity contribution >= 4 is 52.5 Å². The summed E-state index contributed by atoms with van der Waals surface area (Å²) in [6.07, 6.45) is 1.23. The minimum Gasteiger partial charge on any atom is -0.458 e. The van der Waals surface area contributed by atoms with Gasteiger partial charge in [-0.25, -0.2) is 19.0 Å². The molecule has 0 spiro atoms. The van der Waals surface area contributed by atoms with Crippen molar-refractivity contribution in [2.75, 3.05) is 26.2 Å². The number of pyridine rings is 2. The Kier molecular flexibility index (Phi) is 15.5. The number of carbonyl (C=O) groups is 7. The first-order valence-electron chi connectivity index (χ1n) is 23.7. The number of aromatic nitrogens is 2. The second-order valence-corrected chi connectivity index (χ2v) is 19.0. The van der Waals surface area contributed by atoms with Gasteiger partial charge in [-0.2, -0.15) is 0 Å². The van der Waals surface area contributed by atoms with Crippen LogP contribution in [0.2, 0.25) is 0 Å². The van der Waals surface area contributed by atoms with Crippen LogP contribution in [0.15, 0.2) is 47.3 Å². The molecule has 6 amide bonds. The maximum Gasteiger partial charge on any atom is 0.408 e. The van der Waals surface area contributed by atoms with Gasteiger partial charge in [0, 0.05) is 29.0 Å². The Labute approximate surface area is 408 Å². The van der Waals surface area contributed by atoms with E-state index in [2.05, 4.69) is 31.9 Å². The molecule has 0 radical (unpaired) electrons. The fourth-order valence-corrected chi connectivity index (χ4v) is 9.28. The number of alkyl carbamates (subject to hydrolysis) is 1. The number of cyclic esters (lactones) is 1. The molecule has 20 nitrogen and oxygen atoms in total. The summed E-state index contributed by atoms with van der Waals surface area (Å²) in [5.41, 5.74) is 6.49. The predicted molar refractivity (Wildman–Crippen MR) is 256 cm³/mol. The van der Waals surface area contributed by atoms with Crippen LogP contribution in [0.3, 0.4) is 0 Å². The average molecular weight is 982 g/mol. The van der Waals surface area contributed by atoms with Gasteiger partial charge in [0.05, 0.1) is 54.7 Å². The number of halogens is 1. The Bertz CT molecular complexity index is 2850. The molecule has 378 valence electrons. The normalized spacial score (nSPS) is 17.4. The van der Waals surface area contributed by atoms with Crippen LogP contribution in [0.4, 0.5) is 9.18 Å². The van der Waals surface area contributed by atoms with Crippen LogP contribution < -0.4 is 43.2 Å². The van der Waals surface area contributed by atoms with E-state index in [0.717, 1.165) is 0 Å². The van der Waals surface area contributed by atoms with Crippen molar-refractivity contribution in [3.05, 3.63) is 97.6 Å². The first-order chi connectivity index (χ1) is 33.7. The van der Waals surface area contributed by atoms with Crippen LogP contribution in [-0.2, 0) is 69.8 Å². The van der Waals surface area contributed by atoms with E-state index >= 15 is 4.39 Å². The molecule has 4 heterocycles. The van der Waals surface area contributed by atoms with Crippen LogP contribution in [0, 0.1) is 12.7 Å². The molecule has 0 saturated heterocycles. The highest BCUT2D eigenvalue weighted by Gasteiger charge is 2.46. The number of aliphatic hydroxyl groups is 1. The van der Waals surface area contributed by atoms with E-state index in [9.17, 15) is 43.5 Å². The number of nitrogens with zero attached hydrogens (tertiary/aromatic N) is 2. The molecule has 9 N–H and O–H groups in total. The smallest absolute Gasteiger partial charge is 0.408 e. The minimum atomic E-state index is -2.06. The van der Waals surface area contributed by atoms with E-state index in [4.69, 9.17) is 20.2 Å². The van der Waals surface area contributed by atoms with Crippen LogP contribution in [0.25, 0.3) is 22.3 Å². The maximum absolute atomic E-state index is 15.4. The van der Waals surface area contributed by atoms with Crippen molar-refractivity contribution in [3.63, 3.8) is 0 Å². The van der Waals surface area contributed by atoms with Gasteiger partial charge in [-0.15, -0.1) is 0 Å². The molecule has 1 aliphatic carbocycles. The number of aryl methyl sites for hydroxylation is 1. The molecule has 3 aliphatic rings. The molecule has 71 heavy (non-hydrogen) atoms. The number of hydrogen-bond donors (Lipinski definition) is 8. The van der Waals surface area contributed by atoms with Gasteiger partial charge in [0.15, 0.2) is 5.60 Å². The molecule has 0 saturated carbocycles. The molecule has 2 aromatic heterocycles. The summed E-state index contributed by atoms with van der Waals surface area (Å²) in [6, 6.07) is 8.80. The van der Waals surface area contributed by atoms with Crippen molar-refractivity contribution in [2.24, 2.45) is 5.73 Å². The monoisotopic (exact) mass is 981 g/mol. The first kappa shape index (κ1) is 51.6. The summed E-state index contributed by atoms with van der Waals surface area (Å²) in [4.78, 5) is 111. The molecule has 0 fully saturated rings. The van der Waals surface area contributed by atoms with Crippen molar-refractivity contribution in [2.45, 2.75) is 122 Å². The van der Waals surface area contributed by atoms with Gasteiger partial charge in [0.25, 0.3) is 5.56 Å². The summed E-state index contributed by atoms with van der Waals surface area (Å²) in [7, 11) is 0. The number of carbonyl (C=O) groups excluding carboxylic acids is 7. The summed E-state index contributed by atoms with van der Waals surface area (Å²) < 4.78 is 27.4. The SMILES string of the molecule is CC[C@@]1(O)C(=O)OCc2c1cc1n(c2=O)Cc2c-1nc1cc(F)c(C)c3c1c2[C@@H](NC(=O)CNC(=O)[C@H](Cc1ccccc1)NC(=O)CNC(=O)CNC(=O)[C@H](CCCCN)NC(=O)OC(C)(C)C)CC3. The number of benzene rings is 2. The second-order valence-electron chi connectivity index (χ2n) is 19.0. The number of nitrogens with one attached hydrogen (secondary N) is 6. The van der Waals surface area contributed by atoms with Crippen molar-refractivity contribution in [1.82, 2.24) is 41.5 Å². The van der Waals surface area contributed by atoms with Crippen molar-refractivity contribution < 1.29 is 52.5 Å². The highest BCUT2D eigenvalue weighted by Crippen LogP contribution is 2.46. The van der Waals surface area contributed by atoms with Gasteiger partial charge in [0.1, 0.15) is 30.1 Å². The number of fused-ring (bicyclic) bond motifs is 5. The van der Waals surface area contributed by atoms with E-state index < -0.39 is 102 Å². The van der Waals surface area contributed by atoms with E-state index in [1.807, 2.05) is 0 Å². The molecule has 4 aromatic rings. The standard InChI is InChI=1S/C50H60FN9O11/c1-6-50(69)31-19-37-43-29(24-60(37)46(66)30(31)25-70-47(50)67)42-33(16-15-28-26(2)32(51)20-35(58-43)41(28)42)56-40(63)23-55-45(65)36(18-27-12-8-7-9-13-27)57-39(62)22-53-38(61)21-54-44(64)34(14-10-11-17-52)59-48(68)71-49(3,4)5/h7-9,12-13,19-20,33-34,36,69H,6,10-11,14-18,21-25,52H2,1-5H3,(H,53,61)(H,54,64)(H,55,65)(H,56,63)(H,57,62)(H,59,68)/t33-,34-,36-,50-/m0/s1.